The van der Waals surface area contributed by atoms with Gasteiger partial charge in [0.1, 0.15) is 0 Å². The molecule has 0 saturated heterocycles. The van der Waals surface area contributed by atoms with Crippen molar-refractivity contribution in [3.63, 3.8) is 0 Å². The largest absolute Gasteiger partial charge is 0.481 e. The van der Waals surface area contributed by atoms with Gasteiger partial charge < -0.3 is 5.11 Å². The smallest absolute Gasteiger partial charge is 0.308 e. The first kappa shape index (κ1) is 12.0. The third-order valence-electron chi connectivity index (χ3n) is 2.41. The van der Waals surface area contributed by atoms with E-state index < -0.39 is 29.6 Å². The van der Waals surface area contributed by atoms with Gasteiger partial charge in [0.25, 0.3) is 5.56 Å². The minimum absolute atomic E-state index is 0.0338. The van der Waals surface area contributed by atoms with Crippen LogP contribution in [0.4, 0.5) is 8.78 Å². The van der Waals surface area contributed by atoms with Crippen LogP contribution in [0.5, 0.6) is 0 Å². The number of nitrogens with one attached hydrogen (secondary N) is 2. The molecule has 0 radical (unpaired) electrons. The molecule has 18 heavy (non-hydrogen) atoms. The zero-order valence-electron chi connectivity index (χ0n) is 8.96. The third kappa shape index (κ3) is 2.15. The highest BCUT2D eigenvalue weighted by molar-refractivity contribution is 5.74. The lowest BCUT2D eigenvalue weighted by atomic mass is 10.1. The van der Waals surface area contributed by atoms with Crippen LogP contribution in [0.15, 0.2) is 23.0 Å². The maximum atomic E-state index is 13.1. The van der Waals surface area contributed by atoms with Crippen LogP contribution < -0.4 is 5.56 Å². The maximum absolute atomic E-state index is 13.1. The second-order valence-electron chi connectivity index (χ2n) is 3.63. The molecule has 2 rings (SSSR count). The van der Waals surface area contributed by atoms with E-state index in [4.69, 9.17) is 5.11 Å². The van der Waals surface area contributed by atoms with E-state index in [-0.39, 0.29) is 16.8 Å². The third-order valence-corrected chi connectivity index (χ3v) is 2.41. The summed E-state index contributed by atoms with van der Waals surface area (Å²) in [6.07, 6.45) is -0.507. The molecular formula is C11H8F2N2O3. The van der Waals surface area contributed by atoms with Crippen LogP contribution in [0.25, 0.3) is 11.3 Å². The lowest BCUT2D eigenvalue weighted by Gasteiger charge is -2.01. The predicted octanol–water partition coefficient (Wildman–Crippen LogP) is 1.28. The van der Waals surface area contributed by atoms with Crippen molar-refractivity contribution in [1.82, 2.24) is 10.2 Å². The van der Waals surface area contributed by atoms with Crippen molar-refractivity contribution in [3.8, 4) is 11.3 Å². The molecule has 0 spiro atoms. The highest BCUT2D eigenvalue weighted by atomic mass is 19.2. The van der Waals surface area contributed by atoms with Gasteiger partial charge in [0.2, 0.25) is 0 Å². The summed E-state index contributed by atoms with van der Waals surface area (Å²) in [5, 5.41) is 13.3. The number of carboxylic acids is 1. The second-order valence-corrected chi connectivity index (χ2v) is 3.63. The van der Waals surface area contributed by atoms with Crippen LogP contribution in [0.2, 0.25) is 0 Å². The Morgan fingerprint density at radius 2 is 1.94 bits per heavy atom. The number of aromatic nitrogens is 2. The van der Waals surface area contributed by atoms with Gasteiger partial charge in [-0.1, -0.05) is 0 Å². The first-order valence-corrected chi connectivity index (χ1v) is 4.95. The van der Waals surface area contributed by atoms with Crippen LogP contribution in [0, 0.1) is 11.6 Å². The van der Waals surface area contributed by atoms with Crippen molar-refractivity contribution in [2.75, 3.05) is 0 Å². The minimum Gasteiger partial charge on any atom is -0.481 e. The first-order valence-electron chi connectivity index (χ1n) is 4.95. The van der Waals surface area contributed by atoms with Crippen molar-refractivity contribution in [2.24, 2.45) is 0 Å². The van der Waals surface area contributed by atoms with Gasteiger partial charge in [-0.05, 0) is 18.2 Å². The Kier molecular flexibility index (Phi) is 2.97. The molecule has 0 saturated carbocycles. The number of carboxylic acid groups (broad SMARTS) is 1. The number of aromatic amines is 2. The van der Waals surface area contributed by atoms with Crippen molar-refractivity contribution in [3.05, 3.63) is 45.8 Å². The fourth-order valence-corrected chi connectivity index (χ4v) is 1.60. The molecule has 1 aromatic carbocycles. The standard InChI is InChI=1S/C11H8F2N2O3/c12-7-2-1-5(3-8(7)13)10-6(4-9(16)17)11(18)15-14-10/h1-3H,4H2,(H,16,17)(H2,14,15,18). The van der Waals surface area contributed by atoms with Gasteiger partial charge in [0.05, 0.1) is 17.7 Å². The van der Waals surface area contributed by atoms with Gasteiger partial charge in [-0.3, -0.25) is 19.8 Å². The van der Waals surface area contributed by atoms with Gasteiger partial charge in [-0.2, -0.15) is 0 Å². The van der Waals surface area contributed by atoms with Crippen LogP contribution in [0.1, 0.15) is 5.56 Å². The Morgan fingerprint density at radius 1 is 1.22 bits per heavy atom. The van der Waals surface area contributed by atoms with E-state index in [1.54, 1.807) is 0 Å². The fraction of sp³-hybridized carbons (Fsp3) is 0.0909. The molecule has 7 heteroatoms. The van der Waals surface area contributed by atoms with Crippen LogP contribution in [-0.4, -0.2) is 21.3 Å². The molecule has 3 N–H and O–H groups in total. The number of hydrogen-bond donors (Lipinski definition) is 3. The molecule has 0 fully saturated rings. The van der Waals surface area contributed by atoms with E-state index in [0.29, 0.717) is 0 Å². The zero-order chi connectivity index (χ0) is 13.3. The van der Waals surface area contributed by atoms with Crippen molar-refractivity contribution in [1.29, 1.82) is 0 Å². The second kappa shape index (κ2) is 4.44. The monoisotopic (exact) mass is 254 g/mol. The molecule has 0 aliphatic rings. The topological polar surface area (TPSA) is 85.9 Å². The van der Waals surface area contributed by atoms with Crippen LogP contribution >= 0.6 is 0 Å². The van der Waals surface area contributed by atoms with Crippen molar-refractivity contribution < 1.29 is 18.7 Å². The molecule has 1 aromatic heterocycles. The highest BCUT2D eigenvalue weighted by Gasteiger charge is 2.16. The first-order chi connectivity index (χ1) is 8.49. The van der Waals surface area contributed by atoms with Crippen LogP contribution in [0.3, 0.4) is 0 Å². The number of carbonyl (C=O) groups is 1. The van der Waals surface area contributed by atoms with E-state index >= 15 is 0 Å². The number of hydrogen-bond acceptors (Lipinski definition) is 2. The number of aliphatic carboxylic acids is 1. The maximum Gasteiger partial charge on any atom is 0.308 e. The van der Waals surface area contributed by atoms with Crippen molar-refractivity contribution >= 4 is 5.97 Å². The number of rotatable bonds is 3. The van der Waals surface area contributed by atoms with E-state index in [1.807, 2.05) is 0 Å². The molecule has 94 valence electrons. The summed E-state index contributed by atoms with van der Waals surface area (Å²) < 4.78 is 25.9. The number of halogens is 2. The van der Waals surface area contributed by atoms with Gasteiger partial charge in [-0.25, -0.2) is 8.78 Å². The molecule has 1 heterocycles. The molecule has 2 aromatic rings. The number of H-pyrrole nitrogens is 2. The average molecular weight is 254 g/mol. The Balaban J connectivity index is 2.53. The highest BCUT2D eigenvalue weighted by Crippen LogP contribution is 2.21. The molecule has 0 aliphatic carbocycles. The molecule has 0 amide bonds. The molecule has 0 unspecified atom stereocenters. The summed E-state index contributed by atoms with van der Waals surface area (Å²) in [5.74, 6) is -3.28. The van der Waals surface area contributed by atoms with E-state index in [0.717, 1.165) is 12.1 Å². The molecular weight excluding hydrogens is 246 g/mol. The van der Waals surface area contributed by atoms with Crippen LogP contribution in [-0.2, 0) is 11.2 Å². The lowest BCUT2D eigenvalue weighted by Crippen LogP contribution is -2.11. The Bertz CT molecular complexity index is 661. The Labute approximate surface area is 99.1 Å². The quantitative estimate of drug-likeness (QED) is 0.771. The minimum atomic E-state index is -1.19. The van der Waals surface area contributed by atoms with E-state index in [9.17, 15) is 18.4 Å². The van der Waals surface area contributed by atoms with Gasteiger partial charge >= 0.3 is 5.97 Å². The zero-order valence-corrected chi connectivity index (χ0v) is 8.96. The molecule has 5 nitrogen and oxygen atoms in total. The normalized spacial score (nSPS) is 10.6. The molecule has 0 aliphatic heterocycles. The van der Waals surface area contributed by atoms with Gasteiger partial charge in [0.15, 0.2) is 11.6 Å². The van der Waals surface area contributed by atoms with E-state index in [1.165, 1.54) is 6.07 Å². The van der Waals surface area contributed by atoms with Gasteiger partial charge in [0, 0.05) is 5.56 Å². The summed E-state index contributed by atoms with van der Waals surface area (Å²) >= 11 is 0. The van der Waals surface area contributed by atoms with Gasteiger partial charge in [-0.15, -0.1) is 0 Å². The summed E-state index contributed by atoms with van der Waals surface area (Å²) in [5.41, 5.74) is -0.296. The number of benzene rings is 1. The Hall–Kier alpha value is -2.44. The Morgan fingerprint density at radius 3 is 2.56 bits per heavy atom. The summed E-state index contributed by atoms with van der Waals surface area (Å²) in [6, 6.07) is 3.04. The van der Waals surface area contributed by atoms with Crippen molar-refractivity contribution in [2.45, 2.75) is 6.42 Å². The summed E-state index contributed by atoms with van der Waals surface area (Å²) in [6.45, 7) is 0. The SMILES string of the molecule is O=C(O)Cc1c(-c2ccc(F)c(F)c2)[nH][nH]c1=O. The molecule has 0 atom stereocenters. The average Bonchev–Trinajstić information content (AvgIpc) is 2.64. The summed E-state index contributed by atoms with van der Waals surface area (Å²) in [4.78, 5) is 22.0. The predicted molar refractivity (Wildman–Crippen MR) is 58.1 cm³/mol. The molecule has 0 bridgehead atoms. The fourth-order valence-electron chi connectivity index (χ4n) is 1.60. The van der Waals surface area contributed by atoms with E-state index in [2.05, 4.69) is 10.2 Å². The lowest BCUT2D eigenvalue weighted by molar-refractivity contribution is -0.136. The summed E-state index contributed by atoms with van der Waals surface area (Å²) in [7, 11) is 0.